The predicted octanol–water partition coefficient (Wildman–Crippen LogP) is 5.38. The van der Waals surface area contributed by atoms with Crippen LogP contribution in [0, 0.1) is 0 Å². The zero-order valence-corrected chi connectivity index (χ0v) is 18.6. The van der Waals surface area contributed by atoms with Gasteiger partial charge in [0, 0.05) is 24.1 Å². The van der Waals surface area contributed by atoms with Crippen LogP contribution in [0.25, 0.3) is 0 Å². The minimum atomic E-state index is 0.0664. The average Bonchev–Trinajstić information content (AvgIpc) is 3.01. The molecule has 1 heterocycles. The molecule has 4 rings (SSSR count). The minimum Gasteiger partial charge on any atom is -0.352 e. The number of fused-ring (bicyclic) bond motifs is 2. The summed E-state index contributed by atoms with van der Waals surface area (Å²) in [6.45, 7) is 13.9. The van der Waals surface area contributed by atoms with Crippen LogP contribution in [-0.2, 0) is 23.7 Å². The Kier molecular flexibility index (Phi) is 5.71. The average molecular weight is 392 g/mol. The number of carbonyl (C=O) groups is 2. The largest absolute Gasteiger partial charge is 0.352 e. The fraction of sp³-hybridized carbons (Fsp3) is 0.462. The van der Waals surface area contributed by atoms with E-state index in [2.05, 4.69) is 71.1 Å². The lowest BCUT2D eigenvalue weighted by Gasteiger charge is -2.23. The molecule has 0 saturated heterocycles. The number of benzene rings is 2. The number of aryl methyl sites for hydroxylation is 1. The van der Waals surface area contributed by atoms with Gasteiger partial charge in [0.2, 0.25) is 0 Å². The molecule has 0 unspecified atom stereocenters. The number of nitrogens with one attached hydrogen (secondary N) is 1. The molecule has 0 bridgehead atoms. The first-order valence-corrected chi connectivity index (χ1v) is 10.5. The van der Waals surface area contributed by atoms with Gasteiger partial charge in [0.05, 0.1) is 0 Å². The normalized spacial score (nSPS) is 15.8. The van der Waals surface area contributed by atoms with Gasteiger partial charge in [-0.2, -0.15) is 0 Å². The molecule has 3 heteroatoms. The SMILES string of the molecule is CC(C)(C)c1ccc2c(c1)CCC2=O.CC(C)(C)c1ccc2c(c1)CCNC2=O. The quantitative estimate of drug-likeness (QED) is 0.655. The number of hydrogen-bond donors (Lipinski definition) is 1. The molecule has 1 N–H and O–H groups in total. The summed E-state index contributed by atoms with van der Waals surface area (Å²) in [6, 6.07) is 12.5. The smallest absolute Gasteiger partial charge is 0.251 e. The second-order valence-electron chi connectivity index (χ2n) is 10.2. The first-order valence-electron chi connectivity index (χ1n) is 10.5. The van der Waals surface area contributed by atoms with E-state index in [1.807, 2.05) is 12.1 Å². The molecule has 1 aliphatic carbocycles. The van der Waals surface area contributed by atoms with Crippen molar-refractivity contribution in [3.05, 3.63) is 69.8 Å². The molecule has 0 saturated carbocycles. The highest BCUT2D eigenvalue weighted by molar-refractivity contribution is 6.00. The van der Waals surface area contributed by atoms with Crippen LogP contribution < -0.4 is 5.32 Å². The molecule has 0 spiro atoms. The Morgan fingerprint density at radius 1 is 0.690 bits per heavy atom. The maximum absolute atomic E-state index is 11.5. The van der Waals surface area contributed by atoms with Crippen LogP contribution in [0.4, 0.5) is 0 Å². The summed E-state index contributed by atoms with van der Waals surface area (Å²) in [6.07, 6.45) is 2.58. The Hall–Kier alpha value is -2.42. The number of amides is 1. The van der Waals surface area contributed by atoms with Crippen molar-refractivity contribution in [2.45, 2.75) is 71.6 Å². The summed E-state index contributed by atoms with van der Waals surface area (Å²) >= 11 is 0. The fourth-order valence-electron chi connectivity index (χ4n) is 3.82. The molecular formula is C26H33NO2. The molecule has 0 fully saturated rings. The van der Waals surface area contributed by atoms with Gasteiger partial charge >= 0.3 is 0 Å². The van der Waals surface area contributed by atoms with Crippen molar-refractivity contribution in [1.82, 2.24) is 5.32 Å². The molecule has 0 radical (unpaired) electrons. The first-order chi connectivity index (χ1) is 13.5. The number of hydrogen-bond acceptors (Lipinski definition) is 2. The number of ketones is 1. The number of carbonyl (C=O) groups excluding carboxylic acids is 2. The van der Waals surface area contributed by atoms with Crippen LogP contribution in [0.1, 0.15) is 90.9 Å². The molecule has 2 aliphatic rings. The lowest BCUT2D eigenvalue weighted by Crippen LogP contribution is -2.32. The van der Waals surface area contributed by atoms with Gasteiger partial charge in [-0.15, -0.1) is 0 Å². The molecule has 0 aromatic heterocycles. The van der Waals surface area contributed by atoms with Crippen molar-refractivity contribution in [3.8, 4) is 0 Å². The van der Waals surface area contributed by atoms with Gasteiger partial charge in [-0.05, 0) is 52.0 Å². The molecule has 0 atom stereocenters. The summed E-state index contributed by atoms with van der Waals surface area (Å²) in [5.74, 6) is 0.372. The van der Waals surface area contributed by atoms with Gasteiger partial charge in [0.25, 0.3) is 5.91 Å². The third-order valence-electron chi connectivity index (χ3n) is 5.79. The second-order valence-corrected chi connectivity index (χ2v) is 10.2. The molecule has 1 amide bonds. The molecular weight excluding hydrogens is 358 g/mol. The molecule has 2 aromatic carbocycles. The highest BCUT2D eigenvalue weighted by Gasteiger charge is 2.22. The number of Topliss-reactive ketones (excluding diaryl/α,β-unsaturated/α-hetero) is 1. The Labute approximate surface area is 174 Å². The van der Waals surface area contributed by atoms with Gasteiger partial charge in [0.15, 0.2) is 5.78 Å². The van der Waals surface area contributed by atoms with Gasteiger partial charge in [-0.1, -0.05) is 71.9 Å². The zero-order chi connectivity index (χ0) is 21.4. The van der Waals surface area contributed by atoms with E-state index in [-0.39, 0.29) is 16.7 Å². The first kappa shape index (κ1) is 21.3. The molecule has 154 valence electrons. The Morgan fingerprint density at radius 3 is 1.76 bits per heavy atom. The highest BCUT2D eigenvalue weighted by Crippen LogP contribution is 2.29. The van der Waals surface area contributed by atoms with Crippen molar-refractivity contribution >= 4 is 11.7 Å². The highest BCUT2D eigenvalue weighted by atomic mass is 16.1. The van der Waals surface area contributed by atoms with E-state index in [1.165, 1.54) is 22.3 Å². The summed E-state index contributed by atoms with van der Waals surface area (Å²) in [5.41, 5.74) is 7.17. The fourth-order valence-corrected chi connectivity index (χ4v) is 3.82. The van der Waals surface area contributed by atoms with E-state index >= 15 is 0 Å². The van der Waals surface area contributed by atoms with Crippen molar-refractivity contribution in [1.29, 1.82) is 0 Å². The van der Waals surface area contributed by atoms with Crippen LogP contribution in [0.2, 0.25) is 0 Å². The van der Waals surface area contributed by atoms with Gasteiger partial charge in [-0.3, -0.25) is 9.59 Å². The van der Waals surface area contributed by atoms with Crippen LogP contribution in [0.3, 0.4) is 0 Å². The second kappa shape index (κ2) is 7.78. The Balaban J connectivity index is 0.000000166. The maximum Gasteiger partial charge on any atom is 0.251 e. The number of rotatable bonds is 0. The van der Waals surface area contributed by atoms with E-state index in [4.69, 9.17) is 0 Å². The summed E-state index contributed by atoms with van der Waals surface area (Å²) < 4.78 is 0. The van der Waals surface area contributed by atoms with Gasteiger partial charge in [0.1, 0.15) is 0 Å². The standard InChI is InChI=1S/C13H17NO.C13H16O/c1-13(2,3)10-4-5-11-9(8-10)6-7-14-12(11)15;1-13(2,3)10-5-6-11-9(8-10)4-7-12(11)14/h4-5,8H,6-7H2,1-3H3,(H,14,15);5-6,8H,4,7H2,1-3H3. The van der Waals surface area contributed by atoms with Gasteiger partial charge < -0.3 is 5.32 Å². The monoisotopic (exact) mass is 391 g/mol. The Bertz CT molecular complexity index is 942. The van der Waals surface area contributed by atoms with Crippen LogP contribution >= 0.6 is 0 Å². The lowest BCUT2D eigenvalue weighted by atomic mass is 9.84. The zero-order valence-electron chi connectivity index (χ0n) is 18.6. The molecule has 3 nitrogen and oxygen atoms in total. The van der Waals surface area contributed by atoms with Crippen molar-refractivity contribution in [2.75, 3.05) is 6.54 Å². The summed E-state index contributed by atoms with van der Waals surface area (Å²) in [7, 11) is 0. The molecule has 29 heavy (non-hydrogen) atoms. The third kappa shape index (κ3) is 4.77. The Morgan fingerprint density at radius 2 is 1.21 bits per heavy atom. The van der Waals surface area contributed by atoms with Crippen LogP contribution in [0.15, 0.2) is 36.4 Å². The van der Waals surface area contributed by atoms with Gasteiger partial charge in [-0.25, -0.2) is 0 Å². The topological polar surface area (TPSA) is 46.2 Å². The van der Waals surface area contributed by atoms with Crippen molar-refractivity contribution < 1.29 is 9.59 Å². The maximum atomic E-state index is 11.5. The van der Waals surface area contributed by atoms with E-state index in [1.54, 1.807) is 0 Å². The van der Waals surface area contributed by atoms with E-state index in [0.717, 1.165) is 30.5 Å². The molecule has 2 aromatic rings. The lowest BCUT2D eigenvalue weighted by molar-refractivity contribution is 0.0944. The van der Waals surface area contributed by atoms with E-state index in [0.29, 0.717) is 12.2 Å². The van der Waals surface area contributed by atoms with Crippen LogP contribution in [-0.4, -0.2) is 18.2 Å². The summed E-state index contributed by atoms with van der Waals surface area (Å²) in [4.78, 5) is 23.0. The van der Waals surface area contributed by atoms with E-state index in [9.17, 15) is 9.59 Å². The van der Waals surface area contributed by atoms with Crippen molar-refractivity contribution in [3.63, 3.8) is 0 Å². The summed E-state index contributed by atoms with van der Waals surface area (Å²) in [5, 5.41) is 2.86. The van der Waals surface area contributed by atoms with E-state index < -0.39 is 0 Å². The third-order valence-corrected chi connectivity index (χ3v) is 5.79. The minimum absolute atomic E-state index is 0.0664. The molecule has 1 aliphatic heterocycles. The van der Waals surface area contributed by atoms with Crippen LogP contribution in [0.5, 0.6) is 0 Å². The van der Waals surface area contributed by atoms with Crippen molar-refractivity contribution in [2.24, 2.45) is 0 Å². The predicted molar refractivity (Wildman–Crippen MR) is 119 cm³/mol.